The van der Waals surface area contributed by atoms with E-state index < -0.39 is 22.5 Å². The predicted octanol–water partition coefficient (Wildman–Crippen LogP) is 5.04. The Balaban J connectivity index is 1.98. The van der Waals surface area contributed by atoms with Crippen molar-refractivity contribution in [3.63, 3.8) is 0 Å². The third-order valence-electron chi connectivity index (χ3n) is 5.31. The summed E-state index contributed by atoms with van der Waals surface area (Å²) in [7, 11) is -2.65. The molecule has 8 heteroatoms. The standard InChI is InChI=1S/C25H27ClN2O4S/c1-17-10-11-18(2)22(14-17)19(3)27-25(29)16-28(23-15-20(26)12-13-24(23)32-4)33(30,31)21-8-6-5-7-9-21/h5-15,19H,16H2,1-4H3,(H,27,29). The van der Waals surface area contributed by atoms with Gasteiger partial charge in [0.25, 0.3) is 10.0 Å². The summed E-state index contributed by atoms with van der Waals surface area (Å²) < 4.78 is 33.5. The van der Waals surface area contributed by atoms with Gasteiger partial charge in [0.2, 0.25) is 5.91 Å². The lowest BCUT2D eigenvalue weighted by atomic mass is 10.00. The minimum Gasteiger partial charge on any atom is -0.495 e. The number of hydrogen-bond donors (Lipinski definition) is 1. The number of anilines is 1. The van der Waals surface area contributed by atoms with E-state index in [0.29, 0.717) is 5.02 Å². The number of benzene rings is 3. The van der Waals surface area contributed by atoms with Gasteiger partial charge in [-0.2, -0.15) is 0 Å². The normalized spacial score (nSPS) is 12.2. The number of aryl methyl sites for hydroxylation is 2. The van der Waals surface area contributed by atoms with E-state index in [1.165, 1.54) is 25.3 Å². The van der Waals surface area contributed by atoms with E-state index in [4.69, 9.17) is 16.3 Å². The Kier molecular flexibility index (Phi) is 7.66. The number of carbonyl (C=O) groups excluding carboxylic acids is 1. The number of hydrogen-bond acceptors (Lipinski definition) is 4. The minimum absolute atomic E-state index is 0.0578. The lowest BCUT2D eigenvalue weighted by Crippen LogP contribution is -2.41. The van der Waals surface area contributed by atoms with Gasteiger partial charge < -0.3 is 10.1 Å². The number of nitrogens with one attached hydrogen (secondary N) is 1. The van der Waals surface area contributed by atoms with Crippen LogP contribution in [0.4, 0.5) is 5.69 Å². The summed E-state index contributed by atoms with van der Waals surface area (Å²) in [6.07, 6.45) is 0. The summed E-state index contributed by atoms with van der Waals surface area (Å²) in [5, 5.41) is 3.24. The van der Waals surface area contributed by atoms with Crippen LogP contribution >= 0.6 is 11.6 Å². The SMILES string of the molecule is COc1ccc(Cl)cc1N(CC(=O)NC(C)c1cc(C)ccc1C)S(=O)(=O)c1ccccc1. The monoisotopic (exact) mass is 486 g/mol. The number of halogens is 1. The maximum Gasteiger partial charge on any atom is 0.264 e. The van der Waals surface area contributed by atoms with Crippen LogP contribution in [0.5, 0.6) is 5.75 Å². The van der Waals surface area contributed by atoms with Gasteiger partial charge in [0.05, 0.1) is 23.7 Å². The Hall–Kier alpha value is -3.03. The number of methoxy groups -OCH3 is 1. The summed E-state index contributed by atoms with van der Waals surface area (Å²) in [6, 6.07) is 18.3. The van der Waals surface area contributed by atoms with Gasteiger partial charge in [-0.15, -0.1) is 0 Å². The third kappa shape index (κ3) is 5.67. The van der Waals surface area contributed by atoms with Crippen LogP contribution in [0.1, 0.15) is 29.7 Å². The quantitative estimate of drug-likeness (QED) is 0.484. The maximum absolute atomic E-state index is 13.5. The first-order valence-corrected chi connectivity index (χ1v) is 12.2. The molecule has 0 heterocycles. The Morgan fingerprint density at radius 1 is 1.06 bits per heavy atom. The molecular weight excluding hydrogens is 460 g/mol. The second kappa shape index (κ2) is 10.3. The number of sulfonamides is 1. The molecule has 0 aromatic heterocycles. The van der Waals surface area contributed by atoms with E-state index in [9.17, 15) is 13.2 Å². The molecular formula is C25H27ClN2O4S. The number of nitrogens with zero attached hydrogens (tertiary/aromatic N) is 1. The summed E-state index contributed by atoms with van der Waals surface area (Å²) >= 11 is 6.17. The van der Waals surface area contributed by atoms with Gasteiger partial charge in [-0.25, -0.2) is 8.42 Å². The predicted molar refractivity (Wildman–Crippen MR) is 131 cm³/mol. The van der Waals surface area contributed by atoms with Crippen LogP contribution < -0.4 is 14.4 Å². The first-order chi connectivity index (χ1) is 15.6. The van der Waals surface area contributed by atoms with Crippen molar-refractivity contribution in [1.29, 1.82) is 0 Å². The van der Waals surface area contributed by atoms with Crippen LogP contribution in [0, 0.1) is 13.8 Å². The van der Waals surface area contributed by atoms with E-state index in [2.05, 4.69) is 5.32 Å². The van der Waals surface area contributed by atoms with Gasteiger partial charge in [-0.1, -0.05) is 53.6 Å². The second-order valence-electron chi connectivity index (χ2n) is 7.79. The Morgan fingerprint density at radius 2 is 1.76 bits per heavy atom. The Labute approximate surface area is 200 Å². The van der Waals surface area contributed by atoms with Crippen LogP contribution in [0.2, 0.25) is 5.02 Å². The maximum atomic E-state index is 13.5. The van der Waals surface area contributed by atoms with Gasteiger partial charge in [-0.05, 0) is 62.2 Å². The van der Waals surface area contributed by atoms with Gasteiger partial charge in [0, 0.05) is 5.02 Å². The second-order valence-corrected chi connectivity index (χ2v) is 10.1. The van der Waals surface area contributed by atoms with Crippen molar-refractivity contribution in [3.05, 3.63) is 88.4 Å². The fourth-order valence-corrected chi connectivity index (χ4v) is 5.21. The van der Waals surface area contributed by atoms with Gasteiger partial charge in [0.15, 0.2) is 0 Å². The molecule has 0 aliphatic rings. The fraction of sp³-hybridized carbons (Fsp3) is 0.240. The smallest absolute Gasteiger partial charge is 0.264 e. The number of amides is 1. The highest BCUT2D eigenvalue weighted by Crippen LogP contribution is 2.34. The molecule has 0 saturated heterocycles. The zero-order valence-corrected chi connectivity index (χ0v) is 20.6. The molecule has 0 bridgehead atoms. The van der Waals surface area contributed by atoms with Crippen molar-refractivity contribution in [1.82, 2.24) is 5.32 Å². The van der Waals surface area contributed by atoms with E-state index in [-0.39, 0.29) is 22.4 Å². The molecule has 3 rings (SSSR count). The van der Waals surface area contributed by atoms with Crippen LogP contribution in [0.3, 0.4) is 0 Å². The van der Waals surface area contributed by atoms with E-state index in [1.54, 1.807) is 30.3 Å². The molecule has 1 N–H and O–H groups in total. The molecule has 0 saturated carbocycles. The zero-order valence-electron chi connectivity index (χ0n) is 19.0. The van der Waals surface area contributed by atoms with E-state index >= 15 is 0 Å². The minimum atomic E-state index is -4.08. The van der Waals surface area contributed by atoms with Crippen LogP contribution in [-0.2, 0) is 14.8 Å². The average Bonchev–Trinajstić information content (AvgIpc) is 2.79. The number of carbonyl (C=O) groups is 1. The molecule has 0 aliphatic carbocycles. The lowest BCUT2D eigenvalue weighted by Gasteiger charge is -2.27. The number of ether oxygens (including phenoxy) is 1. The van der Waals surface area contributed by atoms with Crippen LogP contribution in [0.25, 0.3) is 0 Å². The molecule has 3 aromatic carbocycles. The van der Waals surface area contributed by atoms with Crippen LogP contribution in [0.15, 0.2) is 71.6 Å². The zero-order chi connectivity index (χ0) is 24.2. The molecule has 0 radical (unpaired) electrons. The van der Waals surface area contributed by atoms with Gasteiger partial charge in [0.1, 0.15) is 12.3 Å². The third-order valence-corrected chi connectivity index (χ3v) is 7.32. The summed E-state index contributed by atoms with van der Waals surface area (Å²) in [6.45, 7) is 5.39. The molecule has 1 unspecified atom stereocenters. The number of rotatable bonds is 8. The Morgan fingerprint density at radius 3 is 2.42 bits per heavy atom. The first kappa shape index (κ1) is 24.6. The van der Waals surface area contributed by atoms with Gasteiger partial charge >= 0.3 is 0 Å². The molecule has 1 amide bonds. The summed E-state index contributed by atoms with van der Waals surface area (Å²) in [5.41, 5.74) is 3.27. The largest absolute Gasteiger partial charge is 0.495 e. The van der Waals surface area contributed by atoms with Crippen LogP contribution in [-0.4, -0.2) is 28.0 Å². The van der Waals surface area contributed by atoms with Crippen molar-refractivity contribution >= 4 is 33.2 Å². The molecule has 0 aliphatic heterocycles. The van der Waals surface area contributed by atoms with Crippen molar-refractivity contribution in [2.75, 3.05) is 18.0 Å². The van der Waals surface area contributed by atoms with Crippen molar-refractivity contribution < 1.29 is 17.9 Å². The molecule has 174 valence electrons. The highest BCUT2D eigenvalue weighted by Gasteiger charge is 2.30. The highest BCUT2D eigenvalue weighted by atomic mass is 35.5. The molecule has 33 heavy (non-hydrogen) atoms. The van der Waals surface area contributed by atoms with E-state index in [0.717, 1.165) is 21.0 Å². The van der Waals surface area contributed by atoms with Crippen molar-refractivity contribution in [2.24, 2.45) is 0 Å². The topological polar surface area (TPSA) is 75.7 Å². The first-order valence-electron chi connectivity index (χ1n) is 10.4. The molecule has 3 aromatic rings. The fourth-order valence-electron chi connectivity index (χ4n) is 3.60. The summed E-state index contributed by atoms with van der Waals surface area (Å²) in [4.78, 5) is 13.1. The van der Waals surface area contributed by atoms with E-state index in [1.807, 2.05) is 39.0 Å². The van der Waals surface area contributed by atoms with Gasteiger partial charge in [-0.3, -0.25) is 9.10 Å². The lowest BCUT2D eigenvalue weighted by molar-refractivity contribution is -0.120. The molecule has 1 atom stereocenters. The van der Waals surface area contributed by atoms with Crippen molar-refractivity contribution in [2.45, 2.75) is 31.7 Å². The van der Waals surface area contributed by atoms with Crippen molar-refractivity contribution in [3.8, 4) is 5.75 Å². The molecule has 6 nitrogen and oxygen atoms in total. The Bertz CT molecular complexity index is 1250. The molecule has 0 fully saturated rings. The highest BCUT2D eigenvalue weighted by molar-refractivity contribution is 7.92. The summed E-state index contributed by atoms with van der Waals surface area (Å²) in [5.74, 6) is -0.167. The molecule has 0 spiro atoms. The average molecular weight is 487 g/mol.